The highest BCUT2D eigenvalue weighted by atomic mass is 79.9. The van der Waals surface area contributed by atoms with Crippen LogP contribution in [0.5, 0.6) is 0 Å². The zero-order chi connectivity index (χ0) is 11.8. The van der Waals surface area contributed by atoms with Crippen LogP contribution in [0.2, 0.25) is 0 Å². The Morgan fingerprint density at radius 2 is 2.35 bits per heavy atom. The van der Waals surface area contributed by atoms with Gasteiger partial charge in [0.15, 0.2) is 0 Å². The molecule has 2 atom stereocenters. The van der Waals surface area contributed by atoms with Crippen molar-refractivity contribution in [1.82, 2.24) is 10.2 Å². The Morgan fingerprint density at radius 3 is 3.18 bits per heavy atom. The van der Waals surface area contributed by atoms with Gasteiger partial charge in [-0.3, -0.25) is 4.90 Å². The minimum atomic E-state index is -0.193. The Kier molecular flexibility index (Phi) is 2.80. The largest absolute Gasteiger partial charge is 0.442 e. The fourth-order valence-corrected chi connectivity index (χ4v) is 2.87. The molecule has 1 amide bonds. The molecule has 2 fully saturated rings. The third-order valence-electron chi connectivity index (χ3n) is 3.26. The molecule has 1 aromatic carbocycles. The normalized spacial score (nSPS) is 27.1. The Hall–Kier alpha value is -1.07. The third-order valence-corrected chi connectivity index (χ3v) is 3.75. The topological polar surface area (TPSA) is 41.6 Å². The van der Waals surface area contributed by atoms with E-state index in [4.69, 9.17) is 4.74 Å². The van der Waals surface area contributed by atoms with Gasteiger partial charge in [0.2, 0.25) is 0 Å². The highest BCUT2D eigenvalue weighted by molar-refractivity contribution is 9.10. The van der Waals surface area contributed by atoms with Crippen LogP contribution in [-0.4, -0.2) is 36.2 Å². The first-order valence-electron chi connectivity index (χ1n) is 5.66. The molecular weight excluding hydrogens is 284 g/mol. The fraction of sp³-hybridized carbons (Fsp3) is 0.417. The van der Waals surface area contributed by atoms with Crippen molar-refractivity contribution in [2.24, 2.45) is 0 Å². The van der Waals surface area contributed by atoms with E-state index in [0.717, 1.165) is 23.1 Å². The van der Waals surface area contributed by atoms with Crippen LogP contribution < -0.4 is 5.32 Å². The molecule has 3 rings (SSSR count). The Bertz CT molecular complexity index is 452. The first kappa shape index (κ1) is 11.0. The second kappa shape index (κ2) is 4.31. The van der Waals surface area contributed by atoms with Crippen LogP contribution in [0.4, 0.5) is 4.79 Å². The van der Waals surface area contributed by atoms with E-state index in [1.54, 1.807) is 0 Å². The molecule has 0 saturated carbocycles. The van der Waals surface area contributed by atoms with Crippen LogP contribution in [0.15, 0.2) is 28.7 Å². The van der Waals surface area contributed by atoms with Crippen molar-refractivity contribution in [3.63, 3.8) is 0 Å². The van der Waals surface area contributed by atoms with Gasteiger partial charge in [0.1, 0.15) is 6.10 Å². The summed E-state index contributed by atoms with van der Waals surface area (Å²) in [5.74, 6) is 0. The van der Waals surface area contributed by atoms with E-state index in [2.05, 4.69) is 21.2 Å². The van der Waals surface area contributed by atoms with E-state index < -0.39 is 0 Å². The van der Waals surface area contributed by atoms with Crippen LogP contribution in [-0.2, 0) is 11.3 Å². The predicted octanol–water partition coefficient (Wildman–Crippen LogP) is 1.74. The van der Waals surface area contributed by atoms with Crippen LogP contribution in [0.1, 0.15) is 5.56 Å². The van der Waals surface area contributed by atoms with Gasteiger partial charge in [-0.25, -0.2) is 4.79 Å². The van der Waals surface area contributed by atoms with Crippen LogP contribution >= 0.6 is 15.9 Å². The zero-order valence-corrected chi connectivity index (χ0v) is 10.8. The summed E-state index contributed by atoms with van der Waals surface area (Å²) in [5, 5.41) is 3.24. The number of hydrogen-bond acceptors (Lipinski definition) is 3. The number of halogens is 1. The second-order valence-electron chi connectivity index (χ2n) is 4.41. The van der Waals surface area contributed by atoms with Crippen molar-refractivity contribution >= 4 is 22.0 Å². The molecule has 2 saturated heterocycles. The summed E-state index contributed by atoms with van der Waals surface area (Å²) in [4.78, 5) is 13.6. The smallest absolute Gasteiger partial charge is 0.410 e. The highest BCUT2D eigenvalue weighted by Gasteiger charge is 2.44. The average molecular weight is 297 g/mol. The van der Waals surface area contributed by atoms with Gasteiger partial charge < -0.3 is 10.1 Å². The van der Waals surface area contributed by atoms with Crippen LogP contribution in [0, 0.1) is 0 Å². The number of nitrogens with zero attached hydrogens (tertiary/aromatic N) is 1. The lowest BCUT2D eigenvalue weighted by Gasteiger charge is -2.19. The van der Waals surface area contributed by atoms with Crippen molar-refractivity contribution in [2.45, 2.75) is 18.7 Å². The minimum Gasteiger partial charge on any atom is -0.442 e. The van der Waals surface area contributed by atoms with Gasteiger partial charge in [-0.1, -0.05) is 28.1 Å². The number of amides is 1. The van der Waals surface area contributed by atoms with Crippen molar-refractivity contribution < 1.29 is 9.53 Å². The summed E-state index contributed by atoms with van der Waals surface area (Å²) in [5.41, 5.74) is 1.11. The molecule has 2 heterocycles. The maximum atomic E-state index is 11.7. The minimum absolute atomic E-state index is 0.0228. The number of rotatable bonds is 2. The average Bonchev–Trinajstić information content (AvgIpc) is 2.83. The molecule has 0 bridgehead atoms. The van der Waals surface area contributed by atoms with Crippen LogP contribution in [0.3, 0.4) is 0 Å². The molecule has 2 aliphatic rings. The number of carbonyl (C=O) groups is 1. The first-order chi connectivity index (χ1) is 8.24. The molecule has 17 heavy (non-hydrogen) atoms. The zero-order valence-electron chi connectivity index (χ0n) is 9.23. The predicted molar refractivity (Wildman–Crippen MR) is 66.6 cm³/mol. The van der Waals surface area contributed by atoms with Gasteiger partial charge in [0, 0.05) is 24.1 Å². The van der Waals surface area contributed by atoms with E-state index in [1.807, 2.05) is 29.2 Å². The van der Waals surface area contributed by atoms with Gasteiger partial charge in [-0.05, 0) is 17.7 Å². The fourth-order valence-electron chi connectivity index (χ4n) is 2.42. The summed E-state index contributed by atoms with van der Waals surface area (Å²) in [6.07, 6.45) is -0.170. The van der Waals surface area contributed by atoms with E-state index in [9.17, 15) is 4.79 Å². The van der Waals surface area contributed by atoms with Crippen molar-refractivity contribution in [3.8, 4) is 0 Å². The van der Waals surface area contributed by atoms with Gasteiger partial charge in [-0.2, -0.15) is 0 Å². The molecule has 0 radical (unpaired) electrons. The lowest BCUT2D eigenvalue weighted by atomic mass is 10.1. The summed E-state index contributed by atoms with van der Waals surface area (Å²) in [6.45, 7) is 2.21. The molecule has 2 aliphatic heterocycles. The summed E-state index contributed by atoms with van der Waals surface area (Å²) in [6, 6.07) is 8.19. The van der Waals surface area contributed by atoms with Crippen molar-refractivity contribution in [1.29, 1.82) is 0 Å². The molecule has 90 valence electrons. The molecule has 1 N–H and O–H groups in total. The van der Waals surface area contributed by atoms with Gasteiger partial charge >= 0.3 is 6.09 Å². The SMILES string of the molecule is O=C1OC2CNCC2N1Cc1cccc(Br)c1. The number of benzene rings is 1. The number of nitrogens with one attached hydrogen (secondary N) is 1. The maximum Gasteiger partial charge on any atom is 0.410 e. The second-order valence-corrected chi connectivity index (χ2v) is 5.32. The van der Waals surface area contributed by atoms with E-state index in [-0.39, 0.29) is 18.2 Å². The highest BCUT2D eigenvalue weighted by Crippen LogP contribution is 2.25. The summed E-state index contributed by atoms with van der Waals surface area (Å²) in [7, 11) is 0. The number of hydrogen-bond donors (Lipinski definition) is 1. The molecular formula is C12H13BrN2O2. The monoisotopic (exact) mass is 296 g/mol. The molecule has 0 aliphatic carbocycles. The summed E-state index contributed by atoms with van der Waals surface area (Å²) < 4.78 is 6.34. The van der Waals surface area contributed by atoms with Gasteiger partial charge in [0.05, 0.1) is 6.04 Å². The van der Waals surface area contributed by atoms with E-state index in [1.165, 1.54) is 0 Å². The quantitative estimate of drug-likeness (QED) is 0.904. The van der Waals surface area contributed by atoms with Crippen LogP contribution in [0.25, 0.3) is 0 Å². The van der Waals surface area contributed by atoms with E-state index >= 15 is 0 Å². The van der Waals surface area contributed by atoms with Crippen molar-refractivity contribution in [2.75, 3.05) is 13.1 Å². The molecule has 5 heteroatoms. The number of ether oxygens (including phenoxy) is 1. The maximum absolute atomic E-state index is 11.7. The summed E-state index contributed by atoms with van der Waals surface area (Å²) >= 11 is 3.44. The first-order valence-corrected chi connectivity index (χ1v) is 6.46. The molecule has 4 nitrogen and oxygen atoms in total. The number of fused-ring (bicyclic) bond motifs is 1. The lowest BCUT2D eigenvalue weighted by molar-refractivity contribution is 0.133. The van der Waals surface area contributed by atoms with Gasteiger partial charge in [-0.15, -0.1) is 0 Å². The molecule has 2 unspecified atom stereocenters. The molecule has 0 aromatic heterocycles. The Labute approximate surface area is 108 Å². The van der Waals surface area contributed by atoms with Crippen molar-refractivity contribution in [3.05, 3.63) is 34.3 Å². The number of carbonyl (C=O) groups excluding carboxylic acids is 1. The Morgan fingerprint density at radius 1 is 1.47 bits per heavy atom. The Balaban J connectivity index is 1.78. The molecule has 1 aromatic rings. The van der Waals surface area contributed by atoms with Gasteiger partial charge in [0.25, 0.3) is 0 Å². The standard InChI is InChI=1S/C12H13BrN2O2/c13-9-3-1-2-8(4-9)7-15-10-5-14-6-11(10)17-12(15)16/h1-4,10-11,14H,5-7H2. The lowest BCUT2D eigenvalue weighted by Crippen LogP contribution is -2.36. The van der Waals surface area contributed by atoms with E-state index in [0.29, 0.717) is 6.54 Å². The third kappa shape index (κ3) is 2.05. The molecule has 0 spiro atoms.